The van der Waals surface area contributed by atoms with Crippen molar-refractivity contribution in [2.45, 2.75) is 10.2 Å². The van der Waals surface area contributed by atoms with E-state index in [1.54, 1.807) is 23.5 Å². The van der Waals surface area contributed by atoms with Crippen molar-refractivity contribution in [1.29, 1.82) is 0 Å². The maximum atomic E-state index is 4.67. The molecule has 2 nitrogen and oxygen atoms in total. The van der Waals surface area contributed by atoms with Gasteiger partial charge in [-0.05, 0) is 24.0 Å². The van der Waals surface area contributed by atoms with Crippen molar-refractivity contribution in [1.82, 2.24) is 9.97 Å². The molecule has 4 heteroatoms. The molecule has 0 aliphatic carbocycles. The number of rotatable bonds is 2. The van der Waals surface area contributed by atoms with E-state index in [0.29, 0.717) is 0 Å². The highest BCUT2D eigenvalue weighted by Gasteiger charge is 2.09. The lowest BCUT2D eigenvalue weighted by Crippen LogP contribution is -1.92. The molecule has 90 valence electrons. The van der Waals surface area contributed by atoms with Crippen LogP contribution in [-0.2, 0) is 0 Å². The molecule has 1 aromatic heterocycles. The van der Waals surface area contributed by atoms with Gasteiger partial charge in [0.25, 0.3) is 0 Å². The molecule has 3 aromatic rings. The van der Waals surface area contributed by atoms with E-state index in [2.05, 4.69) is 52.6 Å². The van der Waals surface area contributed by atoms with Gasteiger partial charge >= 0.3 is 0 Å². The SMILES string of the molecule is CSc1nc(SC)c2ccc3ccccc3c2n1. The minimum Gasteiger partial charge on any atom is -0.222 e. The van der Waals surface area contributed by atoms with Gasteiger partial charge in [-0.3, -0.25) is 0 Å². The Bertz CT molecular complexity index is 725. The second-order valence-corrected chi connectivity index (χ2v) is 5.47. The minimum atomic E-state index is 0.836. The molecular weight excluding hydrogens is 260 g/mol. The highest BCUT2D eigenvalue weighted by atomic mass is 32.2. The summed E-state index contributed by atoms with van der Waals surface area (Å²) in [6, 6.07) is 12.6. The van der Waals surface area contributed by atoms with Crippen molar-refractivity contribution in [2.24, 2.45) is 0 Å². The maximum Gasteiger partial charge on any atom is 0.188 e. The predicted octanol–water partition coefficient (Wildman–Crippen LogP) is 4.23. The summed E-state index contributed by atoms with van der Waals surface area (Å²) in [4.78, 5) is 9.23. The van der Waals surface area contributed by atoms with Crippen molar-refractivity contribution < 1.29 is 0 Å². The lowest BCUT2D eigenvalue weighted by atomic mass is 10.1. The molecule has 0 fully saturated rings. The van der Waals surface area contributed by atoms with Crippen LogP contribution in [-0.4, -0.2) is 22.5 Å². The molecule has 1 heterocycles. The Morgan fingerprint density at radius 1 is 0.833 bits per heavy atom. The number of fused-ring (bicyclic) bond motifs is 3. The highest BCUT2D eigenvalue weighted by molar-refractivity contribution is 7.99. The lowest BCUT2D eigenvalue weighted by Gasteiger charge is -2.07. The lowest BCUT2D eigenvalue weighted by molar-refractivity contribution is 0.937. The smallest absolute Gasteiger partial charge is 0.188 e. The largest absolute Gasteiger partial charge is 0.222 e. The molecule has 0 atom stereocenters. The monoisotopic (exact) mass is 272 g/mol. The minimum absolute atomic E-state index is 0.836. The van der Waals surface area contributed by atoms with Gasteiger partial charge in [-0.25, -0.2) is 9.97 Å². The van der Waals surface area contributed by atoms with Gasteiger partial charge in [0.2, 0.25) is 0 Å². The van der Waals surface area contributed by atoms with E-state index in [-0.39, 0.29) is 0 Å². The average molecular weight is 272 g/mol. The van der Waals surface area contributed by atoms with Crippen molar-refractivity contribution in [3.05, 3.63) is 36.4 Å². The molecule has 0 unspecified atom stereocenters. The van der Waals surface area contributed by atoms with Gasteiger partial charge in [0, 0.05) is 10.8 Å². The molecule has 18 heavy (non-hydrogen) atoms. The Balaban J connectivity index is 2.48. The molecular formula is C14H12N2S2. The van der Waals surface area contributed by atoms with Crippen molar-refractivity contribution in [3.63, 3.8) is 0 Å². The molecule has 2 aromatic carbocycles. The van der Waals surface area contributed by atoms with Crippen LogP contribution in [0.5, 0.6) is 0 Å². The summed E-state index contributed by atoms with van der Waals surface area (Å²) in [5, 5.41) is 5.45. The van der Waals surface area contributed by atoms with Gasteiger partial charge in [-0.1, -0.05) is 42.1 Å². The second-order valence-electron chi connectivity index (χ2n) is 3.90. The number of benzene rings is 2. The fourth-order valence-corrected chi connectivity index (χ4v) is 3.05. The second kappa shape index (κ2) is 4.78. The Kier molecular flexibility index (Phi) is 3.14. The van der Waals surface area contributed by atoms with Crippen molar-refractivity contribution in [2.75, 3.05) is 12.5 Å². The Morgan fingerprint density at radius 2 is 1.67 bits per heavy atom. The molecule has 0 radical (unpaired) electrons. The summed E-state index contributed by atoms with van der Waals surface area (Å²) in [6.07, 6.45) is 4.07. The van der Waals surface area contributed by atoms with E-state index < -0.39 is 0 Å². The predicted molar refractivity (Wildman–Crippen MR) is 80.6 cm³/mol. The molecule has 0 spiro atoms. The first-order chi connectivity index (χ1) is 8.83. The van der Waals surface area contributed by atoms with E-state index in [0.717, 1.165) is 21.1 Å². The number of hydrogen-bond acceptors (Lipinski definition) is 4. The first kappa shape index (κ1) is 11.8. The third kappa shape index (κ3) is 1.85. The van der Waals surface area contributed by atoms with Crippen LogP contribution in [0, 0.1) is 0 Å². The van der Waals surface area contributed by atoms with Crippen LogP contribution in [0.15, 0.2) is 46.6 Å². The third-order valence-corrected chi connectivity index (χ3v) is 4.16. The topological polar surface area (TPSA) is 25.8 Å². The standard InChI is InChI=1S/C14H12N2S2/c1-17-13-11-8-7-9-5-3-4-6-10(9)12(11)15-14(16-13)18-2/h3-8H,1-2H3. The van der Waals surface area contributed by atoms with E-state index >= 15 is 0 Å². The molecule has 0 aliphatic heterocycles. The number of nitrogens with zero attached hydrogens (tertiary/aromatic N) is 2. The highest BCUT2D eigenvalue weighted by Crippen LogP contribution is 2.30. The van der Waals surface area contributed by atoms with E-state index in [4.69, 9.17) is 0 Å². The van der Waals surface area contributed by atoms with Crippen molar-refractivity contribution >= 4 is 45.2 Å². The summed E-state index contributed by atoms with van der Waals surface area (Å²) >= 11 is 3.26. The van der Waals surface area contributed by atoms with Gasteiger partial charge in [0.1, 0.15) is 5.03 Å². The zero-order valence-corrected chi connectivity index (χ0v) is 11.8. The first-order valence-corrected chi connectivity index (χ1v) is 8.06. The summed E-state index contributed by atoms with van der Waals surface area (Å²) < 4.78 is 0. The van der Waals surface area contributed by atoms with E-state index in [9.17, 15) is 0 Å². The first-order valence-electron chi connectivity index (χ1n) is 5.61. The third-order valence-electron chi connectivity index (χ3n) is 2.91. The fourth-order valence-electron chi connectivity index (χ4n) is 2.06. The normalized spacial score (nSPS) is 11.2. The molecule has 0 saturated carbocycles. The Labute approximate surface area is 114 Å². The number of hydrogen-bond donors (Lipinski definition) is 0. The van der Waals surface area contributed by atoms with Gasteiger partial charge in [-0.2, -0.15) is 0 Å². The van der Waals surface area contributed by atoms with Crippen LogP contribution in [0.3, 0.4) is 0 Å². The molecule has 0 amide bonds. The zero-order valence-electron chi connectivity index (χ0n) is 10.2. The summed E-state index contributed by atoms with van der Waals surface area (Å²) in [5.41, 5.74) is 1.05. The fraction of sp³-hybridized carbons (Fsp3) is 0.143. The van der Waals surface area contributed by atoms with Crippen LogP contribution in [0.25, 0.3) is 21.7 Å². The number of thioether (sulfide) groups is 2. The van der Waals surface area contributed by atoms with Gasteiger partial charge < -0.3 is 0 Å². The van der Waals surface area contributed by atoms with Crippen LogP contribution >= 0.6 is 23.5 Å². The summed E-state index contributed by atoms with van der Waals surface area (Å²) in [6.45, 7) is 0. The van der Waals surface area contributed by atoms with Crippen LogP contribution < -0.4 is 0 Å². The Hall–Kier alpha value is -1.26. The molecule has 0 N–H and O–H groups in total. The van der Waals surface area contributed by atoms with E-state index in [1.807, 2.05) is 6.26 Å². The quantitative estimate of drug-likeness (QED) is 0.302. The molecule has 0 bridgehead atoms. The zero-order chi connectivity index (χ0) is 12.5. The van der Waals surface area contributed by atoms with Crippen LogP contribution in [0.1, 0.15) is 0 Å². The summed E-state index contributed by atoms with van der Waals surface area (Å²) in [5.74, 6) is 0. The van der Waals surface area contributed by atoms with Crippen LogP contribution in [0.2, 0.25) is 0 Å². The summed E-state index contributed by atoms with van der Waals surface area (Å²) in [7, 11) is 0. The van der Waals surface area contributed by atoms with Crippen molar-refractivity contribution in [3.8, 4) is 0 Å². The molecule has 0 saturated heterocycles. The molecule has 3 rings (SSSR count). The van der Waals surface area contributed by atoms with E-state index in [1.165, 1.54) is 10.8 Å². The van der Waals surface area contributed by atoms with Gasteiger partial charge in [0.15, 0.2) is 5.16 Å². The van der Waals surface area contributed by atoms with Crippen LogP contribution in [0.4, 0.5) is 0 Å². The van der Waals surface area contributed by atoms with Gasteiger partial charge in [0.05, 0.1) is 5.52 Å². The number of aromatic nitrogens is 2. The maximum absolute atomic E-state index is 4.67. The Morgan fingerprint density at radius 3 is 2.44 bits per heavy atom. The van der Waals surface area contributed by atoms with Gasteiger partial charge in [-0.15, -0.1) is 11.8 Å². The molecule has 0 aliphatic rings. The average Bonchev–Trinajstić information content (AvgIpc) is 2.45.